The van der Waals surface area contributed by atoms with E-state index in [0.717, 1.165) is 22.6 Å². The monoisotopic (exact) mass is 316 g/mol. The van der Waals surface area contributed by atoms with Crippen molar-refractivity contribution in [2.75, 3.05) is 6.54 Å². The number of para-hydroxylation sites is 1. The van der Waals surface area contributed by atoms with Gasteiger partial charge in [0.15, 0.2) is 5.65 Å². The second kappa shape index (κ2) is 6.34. The zero-order valence-corrected chi connectivity index (χ0v) is 13.0. The molecule has 0 amide bonds. The van der Waals surface area contributed by atoms with E-state index >= 15 is 0 Å². The van der Waals surface area contributed by atoms with Gasteiger partial charge in [-0.3, -0.25) is 0 Å². The van der Waals surface area contributed by atoms with E-state index in [1.165, 1.54) is 0 Å². The van der Waals surface area contributed by atoms with Crippen LogP contribution < -0.4 is 10.5 Å². The Hall–Kier alpha value is -2.11. The number of ether oxygens (including phenoxy) is 1. The van der Waals surface area contributed by atoms with E-state index in [4.69, 9.17) is 22.1 Å². The van der Waals surface area contributed by atoms with E-state index < -0.39 is 0 Å². The molecule has 3 aromatic rings. The van der Waals surface area contributed by atoms with Crippen molar-refractivity contribution in [3.8, 4) is 5.75 Å². The number of pyridine rings is 1. The summed E-state index contributed by atoms with van der Waals surface area (Å²) < 4.78 is 7.78. The molecule has 0 bridgehead atoms. The van der Waals surface area contributed by atoms with Crippen LogP contribution in [0.2, 0.25) is 5.02 Å². The molecule has 5 nitrogen and oxygen atoms in total. The summed E-state index contributed by atoms with van der Waals surface area (Å²) in [6, 6.07) is 9.39. The van der Waals surface area contributed by atoms with Gasteiger partial charge in [0.25, 0.3) is 0 Å². The number of nitrogens with two attached hydrogens (primary N) is 1. The molecule has 6 heteroatoms. The topological polar surface area (TPSA) is 66.0 Å². The molecule has 1 aromatic carbocycles. The summed E-state index contributed by atoms with van der Waals surface area (Å²) in [4.78, 5) is 9.07. The first kappa shape index (κ1) is 14.8. The van der Waals surface area contributed by atoms with Crippen molar-refractivity contribution >= 4 is 22.8 Å². The maximum Gasteiger partial charge on any atom is 0.160 e. The lowest BCUT2D eigenvalue weighted by Gasteiger charge is -2.09. The third-order valence-corrected chi connectivity index (χ3v) is 3.66. The van der Waals surface area contributed by atoms with Gasteiger partial charge in [0.1, 0.15) is 23.7 Å². The Labute approximate surface area is 133 Å². The van der Waals surface area contributed by atoms with E-state index in [1.54, 1.807) is 6.07 Å². The SMILES string of the molecule is Cc1cnc2c(c1)nc(COc1ccccc1Cl)n2CCN. The highest BCUT2D eigenvalue weighted by molar-refractivity contribution is 6.32. The number of benzene rings is 1. The average molecular weight is 317 g/mol. The molecule has 0 unspecified atom stereocenters. The summed E-state index contributed by atoms with van der Waals surface area (Å²) in [5.41, 5.74) is 8.46. The van der Waals surface area contributed by atoms with Crippen LogP contribution in [-0.2, 0) is 13.2 Å². The van der Waals surface area contributed by atoms with Crippen molar-refractivity contribution in [1.29, 1.82) is 0 Å². The molecule has 2 aromatic heterocycles. The Kier molecular flexibility index (Phi) is 4.27. The van der Waals surface area contributed by atoms with Crippen molar-refractivity contribution in [3.05, 3.63) is 52.9 Å². The van der Waals surface area contributed by atoms with Crippen molar-refractivity contribution in [2.45, 2.75) is 20.1 Å². The lowest BCUT2D eigenvalue weighted by atomic mass is 10.3. The largest absolute Gasteiger partial charge is 0.484 e. The average Bonchev–Trinajstić information content (AvgIpc) is 2.84. The van der Waals surface area contributed by atoms with E-state index in [9.17, 15) is 0 Å². The molecule has 0 aliphatic rings. The smallest absolute Gasteiger partial charge is 0.160 e. The van der Waals surface area contributed by atoms with Gasteiger partial charge in [-0.1, -0.05) is 23.7 Å². The van der Waals surface area contributed by atoms with Crippen LogP contribution in [-0.4, -0.2) is 21.1 Å². The number of aromatic nitrogens is 3. The zero-order chi connectivity index (χ0) is 15.5. The molecule has 0 aliphatic carbocycles. The first-order valence-electron chi connectivity index (χ1n) is 7.08. The molecule has 0 saturated heterocycles. The molecule has 2 heterocycles. The number of aryl methyl sites for hydroxylation is 1. The molecular weight excluding hydrogens is 300 g/mol. The van der Waals surface area contributed by atoms with Crippen LogP contribution in [0, 0.1) is 6.92 Å². The molecule has 3 rings (SSSR count). The molecule has 0 radical (unpaired) electrons. The maximum atomic E-state index is 6.11. The van der Waals surface area contributed by atoms with E-state index in [2.05, 4.69) is 9.97 Å². The Morgan fingerprint density at radius 2 is 2.14 bits per heavy atom. The van der Waals surface area contributed by atoms with Crippen LogP contribution in [0.15, 0.2) is 36.5 Å². The molecule has 0 saturated carbocycles. The Bertz CT molecular complexity index is 800. The van der Waals surface area contributed by atoms with Crippen molar-refractivity contribution in [2.24, 2.45) is 5.73 Å². The standard InChI is InChI=1S/C16H17ClN4O/c1-11-8-13-16(19-9-11)21(7-6-18)15(20-13)10-22-14-5-3-2-4-12(14)17/h2-5,8-9H,6-7,10,18H2,1H3. The highest BCUT2D eigenvalue weighted by Crippen LogP contribution is 2.24. The van der Waals surface area contributed by atoms with Crippen molar-refractivity contribution < 1.29 is 4.74 Å². The Balaban J connectivity index is 1.92. The Morgan fingerprint density at radius 1 is 1.32 bits per heavy atom. The van der Waals surface area contributed by atoms with Crippen LogP contribution in [0.1, 0.15) is 11.4 Å². The molecular formula is C16H17ClN4O. The third-order valence-electron chi connectivity index (χ3n) is 3.35. The minimum Gasteiger partial charge on any atom is -0.484 e. The molecule has 0 spiro atoms. The van der Waals surface area contributed by atoms with Crippen LogP contribution in [0.3, 0.4) is 0 Å². The summed E-state index contributed by atoms with van der Waals surface area (Å²) >= 11 is 6.11. The first-order valence-corrected chi connectivity index (χ1v) is 7.46. The quantitative estimate of drug-likeness (QED) is 0.786. The van der Waals surface area contributed by atoms with Gasteiger partial charge in [-0.25, -0.2) is 9.97 Å². The fourth-order valence-corrected chi connectivity index (χ4v) is 2.53. The number of hydrogen-bond acceptors (Lipinski definition) is 4. The van der Waals surface area contributed by atoms with Crippen LogP contribution >= 0.6 is 11.6 Å². The normalized spacial score (nSPS) is 11.0. The van der Waals surface area contributed by atoms with Gasteiger partial charge in [-0.15, -0.1) is 0 Å². The minimum absolute atomic E-state index is 0.319. The molecule has 0 fully saturated rings. The fourth-order valence-electron chi connectivity index (χ4n) is 2.34. The van der Waals surface area contributed by atoms with Crippen molar-refractivity contribution in [3.63, 3.8) is 0 Å². The fraction of sp³-hybridized carbons (Fsp3) is 0.250. The van der Waals surface area contributed by atoms with Crippen LogP contribution in [0.25, 0.3) is 11.2 Å². The predicted molar refractivity (Wildman–Crippen MR) is 87.1 cm³/mol. The molecule has 22 heavy (non-hydrogen) atoms. The van der Waals surface area contributed by atoms with Gasteiger partial charge >= 0.3 is 0 Å². The number of halogens is 1. The third kappa shape index (κ3) is 2.91. The van der Waals surface area contributed by atoms with Gasteiger partial charge < -0.3 is 15.0 Å². The predicted octanol–water partition coefficient (Wildman–Crippen LogP) is 2.93. The highest BCUT2D eigenvalue weighted by Gasteiger charge is 2.12. The molecule has 0 aliphatic heterocycles. The number of imidazole rings is 1. The number of nitrogens with zero attached hydrogens (tertiary/aromatic N) is 3. The molecule has 2 N–H and O–H groups in total. The highest BCUT2D eigenvalue weighted by atomic mass is 35.5. The van der Waals surface area contributed by atoms with Gasteiger partial charge in [-0.2, -0.15) is 0 Å². The van der Waals surface area contributed by atoms with Gasteiger partial charge in [0.2, 0.25) is 0 Å². The number of fused-ring (bicyclic) bond motifs is 1. The second-order valence-electron chi connectivity index (χ2n) is 5.04. The number of rotatable bonds is 5. The molecule has 114 valence electrons. The second-order valence-corrected chi connectivity index (χ2v) is 5.45. The summed E-state index contributed by atoms with van der Waals surface area (Å²) in [5.74, 6) is 1.43. The lowest BCUT2D eigenvalue weighted by Crippen LogP contribution is -2.14. The zero-order valence-electron chi connectivity index (χ0n) is 12.3. The Morgan fingerprint density at radius 3 is 2.91 bits per heavy atom. The summed E-state index contributed by atoms with van der Waals surface area (Å²) in [5, 5.41) is 0.581. The van der Waals surface area contributed by atoms with Gasteiger partial charge in [0, 0.05) is 19.3 Å². The summed E-state index contributed by atoms with van der Waals surface area (Å²) in [6.45, 7) is 3.47. The lowest BCUT2D eigenvalue weighted by molar-refractivity contribution is 0.290. The van der Waals surface area contributed by atoms with E-state index in [-0.39, 0.29) is 0 Å². The van der Waals surface area contributed by atoms with Gasteiger partial charge in [0.05, 0.1) is 5.02 Å². The first-order chi connectivity index (χ1) is 10.7. The van der Waals surface area contributed by atoms with E-state index in [0.29, 0.717) is 30.5 Å². The number of hydrogen-bond donors (Lipinski definition) is 1. The van der Waals surface area contributed by atoms with Crippen molar-refractivity contribution in [1.82, 2.24) is 14.5 Å². The summed E-state index contributed by atoms with van der Waals surface area (Å²) in [7, 11) is 0. The summed E-state index contributed by atoms with van der Waals surface area (Å²) in [6.07, 6.45) is 1.83. The van der Waals surface area contributed by atoms with Crippen LogP contribution in [0.4, 0.5) is 0 Å². The maximum absolute atomic E-state index is 6.11. The van der Waals surface area contributed by atoms with E-state index in [1.807, 2.05) is 42.0 Å². The van der Waals surface area contributed by atoms with Gasteiger partial charge in [-0.05, 0) is 30.7 Å². The minimum atomic E-state index is 0.319. The van der Waals surface area contributed by atoms with Crippen LogP contribution in [0.5, 0.6) is 5.75 Å². The molecule has 0 atom stereocenters.